The highest BCUT2D eigenvalue weighted by atomic mass is 127. The van der Waals surface area contributed by atoms with Crippen LogP contribution in [-0.4, -0.2) is 55.2 Å². The monoisotopic (exact) mass is 489 g/mol. The van der Waals surface area contributed by atoms with E-state index in [0.717, 1.165) is 55.9 Å². The molecule has 1 aromatic heterocycles. The summed E-state index contributed by atoms with van der Waals surface area (Å²) in [6.07, 6.45) is 4.90. The second-order valence-electron chi connectivity index (χ2n) is 7.05. The molecule has 2 aliphatic rings. The fourth-order valence-corrected chi connectivity index (χ4v) is 4.74. The van der Waals surface area contributed by atoms with Gasteiger partial charge in [0, 0.05) is 38.4 Å². The number of pyridine rings is 1. The molecule has 7 heteroatoms. The minimum atomic E-state index is 0. The van der Waals surface area contributed by atoms with Crippen molar-refractivity contribution < 1.29 is 0 Å². The summed E-state index contributed by atoms with van der Waals surface area (Å²) in [5, 5.41) is 7.16. The van der Waals surface area contributed by atoms with E-state index in [1.165, 1.54) is 24.3 Å². The molecule has 0 spiro atoms. The molecule has 0 radical (unpaired) electrons. The van der Waals surface area contributed by atoms with Crippen molar-refractivity contribution in [2.75, 3.05) is 43.1 Å². The van der Waals surface area contributed by atoms with Crippen LogP contribution in [0.2, 0.25) is 0 Å². The molecule has 0 bridgehead atoms. The molecule has 0 unspecified atom stereocenters. The number of aryl methyl sites for hydroxylation is 1. The van der Waals surface area contributed by atoms with E-state index in [0.29, 0.717) is 6.04 Å². The molecule has 0 atom stereocenters. The van der Waals surface area contributed by atoms with Crippen molar-refractivity contribution in [3.05, 3.63) is 23.9 Å². The third-order valence-electron chi connectivity index (χ3n) is 5.16. The third kappa shape index (κ3) is 6.48. The van der Waals surface area contributed by atoms with Crippen LogP contribution in [0.25, 0.3) is 0 Å². The fourth-order valence-electron chi connectivity index (χ4n) is 3.54. The van der Waals surface area contributed by atoms with Gasteiger partial charge in [0.15, 0.2) is 5.96 Å². The Labute approximate surface area is 179 Å². The van der Waals surface area contributed by atoms with Crippen LogP contribution in [-0.2, 0) is 0 Å². The van der Waals surface area contributed by atoms with Gasteiger partial charge in [-0.3, -0.25) is 4.99 Å². The first-order valence-corrected chi connectivity index (χ1v) is 10.6. The molecule has 0 amide bonds. The van der Waals surface area contributed by atoms with Crippen molar-refractivity contribution in [2.24, 2.45) is 10.9 Å². The van der Waals surface area contributed by atoms with Gasteiger partial charge in [0.2, 0.25) is 0 Å². The Bertz CT molecular complexity index is 569. The maximum absolute atomic E-state index is 4.65. The number of aromatic nitrogens is 1. The molecule has 2 aliphatic heterocycles. The third-order valence-corrected chi connectivity index (χ3v) is 6.20. The Hall–Kier alpha value is -0.700. The molecule has 146 valence electrons. The summed E-state index contributed by atoms with van der Waals surface area (Å²) in [6.45, 7) is 5.20. The van der Waals surface area contributed by atoms with Crippen LogP contribution in [0.15, 0.2) is 23.2 Å². The first kappa shape index (κ1) is 21.6. The molecule has 2 fully saturated rings. The minimum Gasteiger partial charge on any atom is -0.356 e. The number of nitrogens with one attached hydrogen (secondary N) is 2. The summed E-state index contributed by atoms with van der Waals surface area (Å²) in [5.41, 5.74) is 1.09. The van der Waals surface area contributed by atoms with Gasteiger partial charge in [-0.05, 0) is 62.2 Å². The summed E-state index contributed by atoms with van der Waals surface area (Å²) in [7, 11) is 1.87. The minimum absolute atomic E-state index is 0. The van der Waals surface area contributed by atoms with E-state index in [1.54, 1.807) is 0 Å². The van der Waals surface area contributed by atoms with Gasteiger partial charge in [-0.15, -0.1) is 24.0 Å². The van der Waals surface area contributed by atoms with Crippen LogP contribution in [0.1, 0.15) is 31.4 Å². The molecule has 2 N–H and O–H groups in total. The van der Waals surface area contributed by atoms with Crippen molar-refractivity contribution in [2.45, 2.75) is 38.6 Å². The van der Waals surface area contributed by atoms with Crippen LogP contribution in [0.4, 0.5) is 5.82 Å². The van der Waals surface area contributed by atoms with E-state index < -0.39 is 0 Å². The van der Waals surface area contributed by atoms with Crippen LogP contribution in [0.5, 0.6) is 0 Å². The zero-order valence-electron chi connectivity index (χ0n) is 15.9. The highest BCUT2D eigenvalue weighted by Crippen LogP contribution is 2.22. The number of thioether (sulfide) groups is 1. The summed E-state index contributed by atoms with van der Waals surface area (Å²) in [5.74, 6) is 5.49. The summed E-state index contributed by atoms with van der Waals surface area (Å²) in [6, 6.07) is 6.76. The SMILES string of the molecule is CN=C(NCC1CCSCC1)NC1CCN(c2cccc(C)n2)CC1.I. The first-order chi connectivity index (χ1) is 12.2. The van der Waals surface area contributed by atoms with Crippen LogP contribution < -0.4 is 15.5 Å². The lowest BCUT2D eigenvalue weighted by molar-refractivity contribution is 0.447. The average molecular weight is 489 g/mol. The van der Waals surface area contributed by atoms with Crippen molar-refractivity contribution in [3.8, 4) is 0 Å². The van der Waals surface area contributed by atoms with E-state index in [4.69, 9.17) is 0 Å². The number of nitrogens with zero attached hydrogens (tertiary/aromatic N) is 3. The fraction of sp³-hybridized carbons (Fsp3) is 0.684. The number of halogens is 1. The highest BCUT2D eigenvalue weighted by Gasteiger charge is 2.21. The Morgan fingerprint density at radius 3 is 2.62 bits per heavy atom. The molecule has 26 heavy (non-hydrogen) atoms. The summed E-state index contributed by atoms with van der Waals surface area (Å²) in [4.78, 5) is 11.5. The lowest BCUT2D eigenvalue weighted by Gasteiger charge is -2.34. The molecule has 3 rings (SSSR count). The lowest BCUT2D eigenvalue weighted by atomic mass is 10.0. The van der Waals surface area contributed by atoms with Crippen molar-refractivity contribution in [3.63, 3.8) is 0 Å². The molecule has 3 heterocycles. The van der Waals surface area contributed by atoms with E-state index in [-0.39, 0.29) is 24.0 Å². The normalized spacial score (nSPS) is 19.8. The summed E-state index contributed by atoms with van der Waals surface area (Å²) < 4.78 is 0. The Kier molecular flexibility index (Phi) is 9.31. The van der Waals surface area contributed by atoms with Crippen LogP contribution in [0.3, 0.4) is 0 Å². The quantitative estimate of drug-likeness (QED) is 0.386. The van der Waals surface area contributed by atoms with Crippen molar-refractivity contribution in [1.82, 2.24) is 15.6 Å². The zero-order valence-corrected chi connectivity index (χ0v) is 19.1. The molecular formula is C19H32IN5S. The number of guanidine groups is 1. The molecule has 1 aromatic rings. The number of anilines is 1. The average Bonchev–Trinajstić information content (AvgIpc) is 2.66. The first-order valence-electron chi connectivity index (χ1n) is 9.48. The molecule has 0 aliphatic carbocycles. The highest BCUT2D eigenvalue weighted by molar-refractivity contribution is 14.0. The van der Waals surface area contributed by atoms with Crippen molar-refractivity contribution >= 4 is 47.5 Å². The van der Waals surface area contributed by atoms with Crippen molar-refractivity contribution in [1.29, 1.82) is 0 Å². The van der Waals surface area contributed by atoms with Crippen LogP contribution in [0, 0.1) is 12.8 Å². The van der Waals surface area contributed by atoms with E-state index in [9.17, 15) is 0 Å². The second-order valence-corrected chi connectivity index (χ2v) is 8.28. The van der Waals surface area contributed by atoms with E-state index >= 15 is 0 Å². The van der Waals surface area contributed by atoms with Gasteiger partial charge in [-0.1, -0.05) is 6.07 Å². The number of piperidine rings is 1. The number of hydrogen-bond donors (Lipinski definition) is 2. The molecular weight excluding hydrogens is 457 g/mol. The maximum atomic E-state index is 4.65. The van der Waals surface area contributed by atoms with Gasteiger partial charge in [0.25, 0.3) is 0 Å². The topological polar surface area (TPSA) is 52.6 Å². The Morgan fingerprint density at radius 1 is 1.23 bits per heavy atom. The van der Waals surface area contributed by atoms with Gasteiger partial charge < -0.3 is 15.5 Å². The molecule has 2 saturated heterocycles. The summed E-state index contributed by atoms with van der Waals surface area (Å²) >= 11 is 2.08. The lowest BCUT2D eigenvalue weighted by Crippen LogP contribution is -2.49. The van der Waals surface area contributed by atoms with E-state index in [1.807, 2.05) is 7.05 Å². The van der Waals surface area contributed by atoms with Gasteiger partial charge in [-0.25, -0.2) is 4.98 Å². The van der Waals surface area contributed by atoms with Gasteiger partial charge >= 0.3 is 0 Å². The van der Waals surface area contributed by atoms with E-state index in [2.05, 4.69) is 62.4 Å². The second kappa shape index (κ2) is 11.2. The molecule has 0 aromatic carbocycles. The molecule has 0 saturated carbocycles. The van der Waals surface area contributed by atoms with Gasteiger partial charge in [-0.2, -0.15) is 11.8 Å². The standard InChI is InChI=1S/C19H31N5S.HI/c1-15-4-3-5-18(22-15)24-10-6-17(7-11-24)23-19(20-2)21-14-16-8-12-25-13-9-16;/h3-5,16-17H,6-14H2,1-2H3,(H2,20,21,23);1H. The molecule has 5 nitrogen and oxygen atoms in total. The van der Waals surface area contributed by atoms with Crippen LogP contribution >= 0.6 is 35.7 Å². The predicted molar refractivity (Wildman–Crippen MR) is 124 cm³/mol. The Balaban J connectivity index is 0.00000243. The predicted octanol–water partition coefficient (Wildman–Crippen LogP) is 3.29. The number of hydrogen-bond acceptors (Lipinski definition) is 4. The zero-order chi connectivity index (χ0) is 17.5. The number of rotatable bonds is 4. The Morgan fingerprint density at radius 2 is 1.96 bits per heavy atom. The largest absolute Gasteiger partial charge is 0.356 e. The maximum Gasteiger partial charge on any atom is 0.191 e. The smallest absolute Gasteiger partial charge is 0.191 e. The number of aliphatic imine (C=N–C) groups is 1. The van der Waals surface area contributed by atoms with Gasteiger partial charge in [0.1, 0.15) is 5.82 Å². The van der Waals surface area contributed by atoms with Gasteiger partial charge in [0.05, 0.1) is 0 Å².